The molecule has 0 heterocycles. The molecule has 0 unspecified atom stereocenters. The lowest BCUT2D eigenvalue weighted by Gasteiger charge is -2.58. The fourth-order valence-electron chi connectivity index (χ4n) is 8.83. The highest BCUT2D eigenvalue weighted by Crippen LogP contribution is 2.62. The molecular formula is C32H50. The van der Waals surface area contributed by atoms with E-state index in [1.807, 2.05) is 0 Å². The van der Waals surface area contributed by atoms with Gasteiger partial charge in [-0.05, 0) is 123 Å². The number of fused-ring (bicyclic) bond motifs is 3. The van der Waals surface area contributed by atoms with Crippen LogP contribution in [-0.4, -0.2) is 0 Å². The van der Waals surface area contributed by atoms with Crippen LogP contribution in [0.1, 0.15) is 146 Å². The summed E-state index contributed by atoms with van der Waals surface area (Å²) >= 11 is 0. The predicted octanol–water partition coefficient (Wildman–Crippen LogP) is 9.96. The Morgan fingerprint density at radius 1 is 0.688 bits per heavy atom. The fourth-order valence-corrected chi connectivity index (χ4v) is 8.83. The van der Waals surface area contributed by atoms with Crippen LogP contribution in [0.2, 0.25) is 0 Å². The van der Waals surface area contributed by atoms with E-state index in [0.29, 0.717) is 5.41 Å². The predicted molar refractivity (Wildman–Crippen MR) is 138 cm³/mol. The number of unbranched alkanes of at least 4 members (excludes halogenated alkanes) is 1. The standard InChI is InChI=1S/C32H50/c1-3-5-6-26-9-15-29(16-10-26)31-19-22-32(23-20-31,24-21-31)30-17-13-28(14-18-30)27-11-7-25(4-2)8-12-27/h13-14,17-18,25-27,29H,3-12,15-16,19-24H2,1-2H3/t25-,26-,27-,29-,31?,32?. The molecule has 5 aliphatic carbocycles. The first-order chi connectivity index (χ1) is 15.7. The van der Waals surface area contributed by atoms with Crippen molar-refractivity contribution in [1.82, 2.24) is 0 Å². The lowest BCUT2D eigenvalue weighted by molar-refractivity contribution is -0.0294. The quantitative estimate of drug-likeness (QED) is 0.400. The van der Waals surface area contributed by atoms with Crippen molar-refractivity contribution >= 4 is 0 Å². The molecule has 5 saturated carbocycles. The van der Waals surface area contributed by atoms with Gasteiger partial charge in [-0.25, -0.2) is 0 Å². The Bertz CT molecular complexity index is 686. The SMILES string of the molecule is CCCC[C@H]1CC[C@H](C23CCC(c4ccc([C@H]5CC[C@H](CC)CC5)cc4)(CC2)CC3)CC1. The zero-order valence-electron chi connectivity index (χ0n) is 21.3. The molecule has 32 heavy (non-hydrogen) atoms. The van der Waals surface area contributed by atoms with Gasteiger partial charge in [0.25, 0.3) is 0 Å². The normalized spacial score (nSPS) is 39.8. The summed E-state index contributed by atoms with van der Waals surface area (Å²) in [6.45, 7) is 4.73. The largest absolute Gasteiger partial charge is 0.0654 e. The molecule has 6 rings (SSSR count). The second-order valence-electron chi connectivity index (χ2n) is 12.8. The van der Waals surface area contributed by atoms with Crippen LogP contribution in [0, 0.1) is 23.2 Å². The van der Waals surface area contributed by atoms with Crippen LogP contribution < -0.4 is 0 Å². The van der Waals surface area contributed by atoms with Crippen molar-refractivity contribution in [2.45, 2.75) is 141 Å². The summed E-state index contributed by atoms with van der Waals surface area (Å²) in [5.74, 6) is 3.95. The van der Waals surface area contributed by atoms with Gasteiger partial charge in [-0.3, -0.25) is 0 Å². The van der Waals surface area contributed by atoms with Crippen molar-refractivity contribution in [2.24, 2.45) is 23.2 Å². The van der Waals surface area contributed by atoms with Crippen LogP contribution in [0.3, 0.4) is 0 Å². The lowest BCUT2D eigenvalue weighted by atomic mass is 9.47. The Hall–Kier alpha value is -0.780. The molecule has 5 aliphatic rings. The van der Waals surface area contributed by atoms with E-state index >= 15 is 0 Å². The molecule has 0 aliphatic heterocycles. The van der Waals surface area contributed by atoms with Crippen molar-refractivity contribution in [2.75, 3.05) is 0 Å². The molecule has 1 aromatic rings. The third-order valence-electron chi connectivity index (χ3n) is 11.4. The maximum Gasteiger partial charge on any atom is -0.00463 e. The summed E-state index contributed by atoms with van der Waals surface area (Å²) in [6, 6.07) is 10.2. The molecule has 1 aromatic carbocycles. The van der Waals surface area contributed by atoms with Crippen molar-refractivity contribution in [1.29, 1.82) is 0 Å². The van der Waals surface area contributed by atoms with Gasteiger partial charge >= 0.3 is 0 Å². The molecule has 0 spiro atoms. The molecule has 0 radical (unpaired) electrons. The summed E-state index contributed by atoms with van der Waals surface area (Å²) in [4.78, 5) is 0. The van der Waals surface area contributed by atoms with E-state index in [-0.39, 0.29) is 0 Å². The Morgan fingerprint density at radius 3 is 1.84 bits per heavy atom. The minimum absolute atomic E-state index is 0.526. The van der Waals surface area contributed by atoms with Gasteiger partial charge < -0.3 is 0 Å². The van der Waals surface area contributed by atoms with E-state index in [1.54, 1.807) is 36.8 Å². The summed E-state index contributed by atoms with van der Waals surface area (Å²) in [5.41, 5.74) is 4.59. The Balaban J connectivity index is 1.18. The minimum atomic E-state index is 0.526. The smallest absolute Gasteiger partial charge is 0.00463 e. The van der Waals surface area contributed by atoms with Gasteiger partial charge in [0.15, 0.2) is 0 Å². The molecule has 0 atom stereocenters. The highest BCUT2D eigenvalue weighted by atomic mass is 14.6. The molecule has 0 aromatic heterocycles. The molecule has 178 valence electrons. The first-order valence-corrected chi connectivity index (χ1v) is 14.8. The van der Waals surface area contributed by atoms with Crippen LogP contribution in [0.5, 0.6) is 0 Å². The maximum absolute atomic E-state index is 2.57. The van der Waals surface area contributed by atoms with Crippen molar-refractivity contribution in [3.05, 3.63) is 35.4 Å². The van der Waals surface area contributed by atoms with Gasteiger partial charge in [0.1, 0.15) is 0 Å². The van der Waals surface area contributed by atoms with E-state index in [1.165, 1.54) is 89.9 Å². The van der Waals surface area contributed by atoms with Gasteiger partial charge in [-0.15, -0.1) is 0 Å². The van der Waals surface area contributed by atoms with Gasteiger partial charge in [0, 0.05) is 0 Å². The Kier molecular flexibility index (Phi) is 7.06. The van der Waals surface area contributed by atoms with Crippen LogP contribution in [-0.2, 0) is 5.41 Å². The number of benzene rings is 1. The highest BCUT2D eigenvalue weighted by Gasteiger charge is 2.52. The van der Waals surface area contributed by atoms with Crippen LogP contribution in [0.15, 0.2) is 24.3 Å². The fraction of sp³-hybridized carbons (Fsp3) is 0.812. The van der Waals surface area contributed by atoms with E-state index in [2.05, 4.69) is 38.1 Å². The Labute approximate surface area is 199 Å². The number of rotatable bonds is 7. The summed E-state index contributed by atoms with van der Waals surface area (Å²) in [6.07, 6.45) is 26.7. The number of hydrogen-bond donors (Lipinski definition) is 0. The zero-order valence-corrected chi connectivity index (χ0v) is 21.3. The first-order valence-electron chi connectivity index (χ1n) is 14.8. The second-order valence-corrected chi connectivity index (χ2v) is 12.8. The lowest BCUT2D eigenvalue weighted by Crippen LogP contribution is -2.48. The molecule has 0 nitrogen and oxygen atoms in total. The molecular weight excluding hydrogens is 384 g/mol. The van der Waals surface area contributed by atoms with Crippen LogP contribution in [0.4, 0.5) is 0 Å². The van der Waals surface area contributed by atoms with Crippen molar-refractivity contribution in [3.8, 4) is 0 Å². The van der Waals surface area contributed by atoms with E-state index in [4.69, 9.17) is 0 Å². The molecule has 0 saturated heterocycles. The third-order valence-corrected chi connectivity index (χ3v) is 11.4. The first kappa shape index (κ1) is 23.0. The highest BCUT2D eigenvalue weighted by molar-refractivity contribution is 5.33. The maximum atomic E-state index is 2.57. The summed E-state index contributed by atoms with van der Waals surface area (Å²) in [7, 11) is 0. The van der Waals surface area contributed by atoms with Crippen molar-refractivity contribution < 1.29 is 0 Å². The molecule has 2 bridgehead atoms. The van der Waals surface area contributed by atoms with Crippen molar-refractivity contribution in [3.63, 3.8) is 0 Å². The monoisotopic (exact) mass is 434 g/mol. The zero-order chi connectivity index (χ0) is 22.0. The molecule has 5 fully saturated rings. The van der Waals surface area contributed by atoms with Gasteiger partial charge in [-0.1, -0.05) is 76.6 Å². The van der Waals surface area contributed by atoms with E-state index < -0.39 is 0 Å². The van der Waals surface area contributed by atoms with Gasteiger partial charge in [-0.2, -0.15) is 0 Å². The van der Waals surface area contributed by atoms with Crippen LogP contribution >= 0.6 is 0 Å². The molecule has 0 heteroatoms. The third kappa shape index (κ3) is 4.46. The second kappa shape index (κ2) is 9.84. The van der Waals surface area contributed by atoms with Crippen LogP contribution in [0.25, 0.3) is 0 Å². The summed E-state index contributed by atoms with van der Waals surface area (Å²) < 4.78 is 0. The topological polar surface area (TPSA) is 0 Å². The summed E-state index contributed by atoms with van der Waals surface area (Å²) in [5, 5.41) is 0. The molecule has 0 amide bonds. The minimum Gasteiger partial charge on any atom is -0.0654 e. The van der Waals surface area contributed by atoms with E-state index in [0.717, 1.165) is 29.1 Å². The van der Waals surface area contributed by atoms with Gasteiger partial charge in [0.05, 0.1) is 0 Å². The average molecular weight is 435 g/mol. The average Bonchev–Trinajstić information content (AvgIpc) is 2.89. The van der Waals surface area contributed by atoms with Gasteiger partial charge in [0.2, 0.25) is 0 Å². The molecule has 0 N–H and O–H groups in total. The van der Waals surface area contributed by atoms with E-state index in [9.17, 15) is 0 Å². The number of hydrogen-bond acceptors (Lipinski definition) is 0. The Morgan fingerprint density at radius 2 is 1.28 bits per heavy atom.